The molecule has 0 spiro atoms. The summed E-state index contributed by atoms with van der Waals surface area (Å²) in [5, 5.41) is 0.0835. The van der Waals surface area contributed by atoms with Gasteiger partial charge in [-0.25, -0.2) is 17.9 Å². The van der Waals surface area contributed by atoms with Crippen molar-refractivity contribution in [3.05, 3.63) is 38.6 Å². The Morgan fingerprint density at radius 3 is 2.50 bits per heavy atom. The van der Waals surface area contributed by atoms with Gasteiger partial charge in [0.25, 0.3) is 5.56 Å². The molecule has 1 N–H and O–H groups in total. The minimum atomic E-state index is -4.04. The lowest BCUT2D eigenvalue weighted by molar-refractivity contribution is 0.574. The predicted octanol–water partition coefficient (Wildman–Crippen LogP) is -0.885. The number of nitrogens with zero attached hydrogens (tertiary/aromatic N) is 2. The van der Waals surface area contributed by atoms with Crippen LogP contribution in [0.25, 0.3) is 0 Å². The van der Waals surface area contributed by atoms with Crippen LogP contribution in [0.5, 0.6) is 0 Å². The average molecular weight is 294 g/mol. The van der Waals surface area contributed by atoms with E-state index < -0.39 is 26.2 Å². The van der Waals surface area contributed by atoms with Crippen molar-refractivity contribution in [3.63, 3.8) is 0 Å². The van der Waals surface area contributed by atoms with Gasteiger partial charge in [-0.2, -0.15) is 0 Å². The molecule has 1 rings (SSSR count). The third-order valence-electron chi connectivity index (χ3n) is 2.16. The number of hydrogen-bond acceptors (Lipinski definition) is 4. The number of halogens is 1. The molecule has 0 aliphatic heterocycles. The van der Waals surface area contributed by atoms with Crippen LogP contribution in [0.15, 0.2) is 32.3 Å². The Bertz CT molecular complexity index is 702. The first-order valence-electron chi connectivity index (χ1n) is 4.76. The highest BCUT2D eigenvalue weighted by Gasteiger charge is 2.20. The van der Waals surface area contributed by atoms with Gasteiger partial charge in [0.2, 0.25) is 10.0 Å². The van der Waals surface area contributed by atoms with E-state index in [1.807, 2.05) is 0 Å². The van der Waals surface area contributed by atoms with Crippen molar-refractivity contribution in [1.29, 1.82) is 0 Å². The maximum absolute atomic E-state index is 11.8. The van der Waals surface area contributed by atoms with Gasteiger partial charge in [-0.15, -0.1) is 0 Å². The molecular formula is C9H12ClN3O4S. The Kier molecular flexibility index (Phi) is 4.15. The first-order valence-corrected chi connectivity index (χ1v) is 6.62. The minimum absolute atomic E-state index is 0.0835. The van der Waals surface area contributed by atoms with E-state index in [-0.39, 0.29) is 11.6 Å². The van der Waals surface area contributed by atoms with Gasteiger partial charge in [0.1, 0.15) is 0 Å². The normalized spacial score (nSPS) is 11.5. The number of aryl methyl sites for hydroxylation is 1. The molecule has 1 aromatic rings. The van der Waals surface area contributed by atoms with Gasteiger partial charge in [-0.05, 0) is 0 Å². The van der Waals surface area contributed by atoms with E-state index in [0.29, 0.717) is 4.57 Å². The van der Waals surface area contributed by atoms with E-state index in [1.54, 1.807) is 0 Å². The third kappa shape index (κ3) is 2.89. The summed E-state index contributed by atoms with van der Waals surface area (Å²) in [4.78, 5) is 22.6. The van der Waals surface area contributed by atoms with Gasteiger partial charge in [0.15, 0.2) is 4.90 Å². The number of hydrogen-bond donors (Lipinski definition) is 1. The zero-order chi connectivity index (χ0) is 14.1. The van der Waals surface area contributed by atoms with E-state index in [9.17, 15) is 18.0 Å². The fourth-order valence-corrected chi connectivity index (χ4v) is 2.54. The molecule has 0 radical (unpaired) electrons. The Labute approximate surface area is 108 Å². The van der Waals surface area contributed by atoms with Crippen LogP contribution in [0.1, 0.15) is 0 Å². The van der Waals surface area contributed by atoms with E-state index in [0.717, 1.165) is 10.8 Å². The molecule has 0 saturated heterocycles. The summed E-state index contributed by atoms with van der Waals surface area (Å²) in [6.45, 7) is 3.12. The first-order chi connectivity index (χ1) is 8.16. The Morgan fingerprint density at radius 1 is 1.44 bits per heavy atom. The molecule has 0 atom stereocenters. The molecule has 0 fully saturated rings. The van der Waals surface area contributed by atoms with Crippen molar-refractivity contribution < 1.29 is 8.42 Å². The van der Waals surface area contributed by atoms with Gasteiger partial charge in [0, 0.05) is 31.9 Å². The Hall–Kier alpha value is -1.38. The van der Waals surface area contributed by atoms with Crippen LogP contribution in [0.3, 0.4) is 0 Å². The van der Waals surface area contributed by atoms with E-state index in [4.69, 9.17) is 11.6 Å². The lowest BCUT2D eigenvalue weighted by Crippen LogP contribution is -2.41. The van der Waals surface area contributed by atoms with Crippen LogP contribution in [0, 0.1) is 0 Å². The molecule has 1 heterocycles. The summed E-state index contributed by atoms with van der Waals surface area (Å²) < 4.78 is 27.5. The molecule has 0 amide bonds. The van der Waals surface area contributed by atoms with Crippen molar-refractivity contribution in [1.82, 2.24) is 13.9 Å². The molecule has 0 aliphatic rings. The van der Waals surface area contributed by atoms with E-state index >= 15 is 0 Å². The van der Waals surface area contributed by atoms with Gasteiger partial charge < -0.3 is 4.57 Å². The smallest absolute Gasteiger partial charge is 0.302 e. The average Bonchev–Trinajstić information content (AvgIpc) is 2.28. The lowest BCUT2D eigenvalue weighted by Gasteiger charge is -2.08. The lowest BCUT2D eigenvalue weighted by atomic mass is 10.6. The van der Waals surface area contributed by atoms with Gasteiger partial charge in [0.05, 0.1) is 0 Å². The number of sulfonamides is 1. The summed E-state index contributed by atoms with van der Waals surface area (Å²) in [6.07, 6.45) is 0.962. The van der Waals surface area contributed by atoms with Crippen LogP contribution in [-0.2, 0) is 24.1 Å². The summed E-state index contributed by atoms with van der Waals surface area (Å²) in [7, 11) is -1.49. The van der Waals surface area contributed by atoms with Crippen LogP contribution in [-0.4, -0.2) is 24.1 Å². The van der Waals surface area contributed by atoms with Gasteiger partial charge >= 0.3 is 5.69 Å². The van der Waals surface area contributed by atoms with Crippen LogP contribution in [0.2, 0.25) is 0 Å². The van der Waals surface area contributed by atoms with Gasteiger partial charge in [-0.1, -0.05) is 18.2 Å². The molecular weight excluding hydrogens is 282 g/mol. The largest absolute Gasteiger partial charge is 0.330 e. The fraction of sp³-hybridized carbons (Fsp3) is 0.333. The third-order valence-corrected chi connectivity index (χ3v) is 3.68. The second-order valence-electron chi connectivity index (χ2n) is 3.59. The standard InChI is InChI=1S/C9H12ClN3O4S/c1-6(10)4-11-18(16,17)7-5-12(2)9(15)13(3)8(7)14/h5,11H,1,4H2,2-3H3. The van der Waals surface area contributed by atoms with Crippen molar-refractivity contribution >= 4 is 21.6 Å². The number of aromatic nitrogens is 2. The fourth-order valence-electron chi connectivity index (χ4n) is 1.21. The molecule has 0 aromatic carbocycles. The zero-order valence-corrected chi connectivity index (χ0v) is 11.4. The predicted molar refractivity (Wildman–Crippen MR) is 67.1 cm³/mol. The molecule has 1 aromatic heterocycles. The summed E-state index contributed by atoms with van der Waals surface area (Å²) in [6, 6.07) is 0. The highest BCUT2D eigenvalue weighted by Crippen LogP contribution is 2.02. The Morgan fingerprint density at radius 2 is 2.00 bits per heavy atom. The van der Waals surface area contributed by atoms with E-state index in [2.05, 4.69) is 11.3 Å². The molecule has 9 heteroatoms. The van der Waals surface area contributed by atoms with Crippen molar-refractivity contribution in [2.75, 3.05) is 6.54 Å². The van der Waals surface area contributed by atoms with E-state index in [1.165, 1.54) is 14.1 Å². The maximum atomic E-state index is 11.8. The number of rotatable bonds is 4. The highest BCUT2D eigenvalue weighted by molar-refractivity contribution is 7.89. The topological polar surface area (TPSA) is 90.2 Å². The summed E-state index contributed by atoms with van der Waals surface area (Å²) >= 11 is 5.44. The molecule has 0 saturated carbocycles. The second-order valence-corrected chi connectivity index (χ2v) is 5.86. The summed E-state index contributed by atoms with van der Waals surface area (Å²) in [5.74, 6) is 0. The molecule has 0 unspecified atom stereocenters. The molecule has 0 aliphatic carbocycles. The SMILES string of the molecule is C=C(Cl)CNS(=O)(=O)c1cn(C)c(=O)n(C)c1=O. The van der Waals surface area contributed by atoms with Crippen molar-refractivity contribution in [3.8, 4) is 0 Å². The molecule has 18 heavy (non-hydrogen) atoms. The highest BCUT2D eigenvalue weighted by atomic mass is 35.5. The molecule has 100 valence electrons. The zero-order valence-electron chi connectivity index (χ0n) is 9.81. The molecule has 7 nitrogen and oxygen atoms in total. The van der Waals surface area contributed by atoms with Crippen molar-refractivity contribution in [2.24, 2.45) is 14.1 Å². The van der Waals surface area contributed by atoms with Crippen LogP contribution in [0.4, 0.5) is 0 Å². The quantitative estimate of drug-likeness (QED) is 0.780. The monoisotopic (exact) mass is 293 g/mol. The minimum Gasteiger partial charge on any atom is -0.302 e. The second kappa shape index (κ2) is 5.09. The maximum Gasteiger partial charge on any atom is 0.330 e. The van der Waals surface area contributed by atoms with Crippen molar-refractivity contribution in [2.45, 2.75) is 4.90 Å². The van der Waals surface area contributed by atoms with Crippen LogP contribution >= 0.6 is 11.6 Å². The van der Waals surface area contributed by atoms with Crippen LogP contribution < -0.4 is 16.0 Å². The molecule has 0 bridgehead atoms. The van der Waals surface area contributed by atoms with Gasteiger partial charge in [-0.3, -0.25) is 9.36 Å². The first kappa shape index (κ1) is 14.7. The summed E-state index contributed by atoms with van der Waals surface area (Å²) in [5.41, 5.74) is -1.51. The number of nitrogens with one attached hydrogen (secondary N) is 1. The Balaban J connectivity index is 3.39.